The summed E-state index contributed by atoms with van der Waals surface area (Å²) in [7, 11) is -2.46. The highest BCUT2D eigenvalue weighted by molar-refractivity contribution is 7.89. The van der Waals surface area contributed by atoms with Crippen LogP contribution in [-0.4, -0.2) is 75.1 Å². The summed E-state index contributed by atoms with van der Waals surface area (Å²) in [6, 6.07) is 1.44. The lowest BCUT2D eigenvalue weighted by atomic mass is 10.4. The van der Waals surface area contributed by atoms with Gasteiger partial charge in [0.15, 0.2) is 0 Å². The standard InChI is InChI=1S/C12H18N2O5S2.ClH/c1-19-12(16)11-10(2-9-20-11)21(17,18)14-5-3-13(4-6-14)7-8-15;/h2,9,15H,3-8H2,1H3;1H/p-1. The molecule has 10 heteroatoms. The van der Waals surface area contributed by atoms with Crippen molar-refractivity contribution in [2.24, 2.45) is 0 Å². The number of hydrogen-bond acceptors (Lipinski definition) is 7. The van der Waals surface area contributed by atoms with Crippen LogP contribution in [0.2, 0.25) is 0 Å². The molecule has 0 amide bonds. The fourth-order valence-corrected chi connectivity index (χ4v) is 4.95. The first-order valence-electron chi connectivity index (χ1n) is 6.50. The van der Waals surface area contributed by atoms with Crippen LogP contribution in [0.15, 0.2) is 16.3 Å². The molecule has 0 aliphatic carbocycles. The normalized spacial score (nSPS) is 17.0. The molecule has 0 atom stereocenters. The van der Waals surface area contributed by atoms with Gasteiger partial charge in [-0.05, 0) is 11.4 Å². The Morgan fingerprint density at radius 1 is 1.36 bits per heavy atom. The first-order valence-corrected chi connectivity index (χ1v) is 8.82. The molecule has 1 aliphatic heterocycles. The molecule has 0 saturated carbocycles. The Kier molecular flexibility index (Phi) is 7.23. The van der Waals surface area contributed by atoms with Gasteiger partial charge in [-0.25, -0.2) is 13.2 Å². The molecule has 0 unspecified atom stereocenters. The third-order valence-corrected chi connectivity index (χ3v) is 6.33. The minimum Gasteiger partial charge on any atom is -1.00 e. The van der Waals surface area contributed by atoms with Gasteiger partial charge in [0.1, 0.15) is 9.77 Å². The van der Waals surface area contributed by atoms with E-state index in [2.05, 4.69) is 4.74 Å². The third kappa shape index (κ3) is 3.98. The van der Waals surface area contributed by atoms with E-state index in [1.54, 1.807) is 5.38 Å². The van der Waals surface area contributed by atoms with Crippen LogP contribution in [0.4, 0.5) is 0 Å². The van der Waals surface area contributed by atoms with Crippen LogP contribution in [0.1, 0.15) is 9.67 Å². The Hall–Kier alpha value is -0.710. The zero-order valence-corrected chi connectivity index (χ0v) is 14.5. The molecular weight excluding hydrogens is 352 g/mol. The number of sulfonamides is 1. The molecule has 2 rings (SSSR count). The molecule has 2 heterocycles. The van der Waals surface area contributed by atoms with Crippen molar-refractivity contribution in [3.05, 3.63) is 16.3 Å². The fourth-order valence-electron chi connectivity index (χ4n) is 2.22. The maximum atomic E-state index is 12.6. The highest BCUT2D eigenvalue weighted by atomic mass is 35.5. The summed E-state index contributed by atoms with van der Waals surface area (Å²) in [6.45, 7) is 2.43. The number of halogens is 1. The number of nitrogens with zero attached hydrogens (tertiary/aromatic N) is 2. The number of rotatable bonds is 5. The molecule has 1 N–H and O–H groups in total. The molecule has 0 spiro atoms. The van der Waals surface area contributed by atoms with Crippen LogP contribution in [-0.2, 0) is 14.8 Å². The van der Waals surface area contributed by atoms with Gasteiger partial charge in [0.05, 0.1) is 13.7 Å². The molecule has 1 aliphatic rings. The summed E-state index contributed by atoms with van der Waals surface area (Å²) < 4.78 is 31.2. The third-order valence-electron chi connectivity index (χ3n) is 3.37. The van der Waals surface area contributed by atoms with Crippen molar-refractivity contribution in [2.45, 2.75) is 4.90 Å². The van der Waals surface area contributed by atoms with Crippen molar-refractivity contribution in [2.75, 3.05) is 46.4 Å². The first kappa shape index (κ1) is 19.3. The summed E-state index contributed by atoms with van der Waals surface area (Å²) in [4.78, 5) is 13.7. The van der Waals surface area contributed by atoms with Crippen molar-refractivity contribution in [1.82, 2.24) is 9.21 Å². The Bertz CT molecular complexity index is 596. The van der Waals surface area contributed by atoms with Crippen LogP contribution in [0.25, 0.3) is 0 Å². The largest absolute Gasteiger partial charge is 1.00 e. The number of esters is 1. The summed E-state index contributed by atoms with van der Waals surface area (Å²) in [5.41, 5.74) is 0. The number of hydrogen-bond donors (Lipinski definition) is 1. The van der Waals surface area contributed by atoms with Gasteiger partial charge in [-0.2, -0.15) is 4.31 Å². The minimum absolute atomic E-state index is 0. The quantitative estimate of drug-likeness (QED) is 0.551. The van der Waals surface area contributed by atoms with Crippen LogP contribution >= 0.6 is 11.3 Å². The number of carbonyl (C=O) groups is 1. The molecule has 7 nitrogen and oxygen atoms in total. The van der Waals surface area contributed by atoms with Crippen molar-refractivity contribution >= 4 is 27.3 Å². The smallest absolute Gasteiger partial charge is 0.349 e. The number of β-amino-alcohol motifs (C(OH)–C–C–N with tert-alkyl or cyclic N) is 1. The summed E-state index contributed by atoms with van der Waals surface area (Å²) in [5, 5.41) is 10.5. The van der Waals surface area contributed by atoms with Crippen molar-refractivity contribution < 1.29 is 35.5 Å². The van der Waals surface area contributed by atoms with Crippen LogP contribution < -0.4 is 12.4 Å². The van der Waals surface area contributed by atoms with Crippen LogP contribution in [0, 0.1) is 0 Å². The maximum absolute atomic E-state index is 12.6. The molecule has 126 valence electrons. The number of carbonyl (C=O) groups excluding carboxylic acids is 1. The van der Waals surface area contributed by atoms with E-state index < -0.39 is 16.0 Å². The number of methoxy groups -OCH3 is 1. The van der Waals surface area contributed by atoms with E-state index in [9.17, 15) is 13.2 Å². The van der Waals surface area contributed by atoms with E-state index in [1.165, 1.54) is 17.5 Å². The Morgan fingerprint density at radius 3 is 2.55 bits per heavy atom. The van der Waals surface area contributed by atoms with E-state index in [1.807, 2.05) is 4.90 Å². The first-order chi connectivity index (χ1) is 10.0. The molecule has 0 bridgehead atoms. The Morgan fingerprint density at radius 2 is 2.00 bits per heavy atom. The molecule has 1 aromatic rings. The molecule has 0 aromatic carbocycles. The molecule has 1 saturated heterocycles. The van der Waals surface area contributed by atoms with Crippen molar-refractivity contribution in [1.29, 1.82) is 0 Å². The van der Waals surface area contributed by atoms with E-state index >= 15 is 0 Å². The lowest BCUT2D eigenvalue weighted by Gasteiger charge is -2.33. The predicted octanol–water partition coefficient (Wildman–Crippen LogP) is -3.16. The van der Waals surface area contributed by atoms with Gasteiger partial charge in [-0.15, -0.1) is 11.3 Å². The Labute approximate surface area is 139 Å². The van der Waals surface area contributed by atoms with Crippen molar-refractivity contribution in [3.63, 3.8) is 0 Å². The summed E-state index contributed by atoms with van der Waals surface area (Å²) >= 11 is 1.06. The van der Waals surface area contributed by atoms with E-state index in [-0.39, 0.29) is 28.8 Å². The number of aliphatic hydroxyl groups excluding tert-OH is 1. The maximum Gasteiger partial charge on any atom is 0.349 e. The number of thiophene rings is 1. The second kappa shape index (κ2) is 8.23. The monoisotopic (exact) mass is 369 g/mol. The number of piperazine rings is 1. The topological polar surface area (TPSA) is 87.2 Å². The number of ether oxygens (including phenoxy) is 1. The van der Waals surface area contributed by atoms with Crippen LogP contribution in [0.5, 0.6) is 0 Å². The van der Waals surface area contributed by atoms with Gasteiger partial charge in [0.2, 0.25) is 10.0 Å². The van der Waals surface area contributed by atoms with Gasteiger partial charge in [-0.1, -0.05) is 0 Å². The van der Waals surface area contributed by atoms with E-state index in [0.29, 0.717) is 32.7 Å². The number of aliphatic hydroxyl groups is 1. The lowest BCUT2D eigenvalue weighted by molar-refractivity contribution is -0.0000225. The van der Waals surface area contributed by atoms with Gasteiger partial charge in [0.25, 0.3) is 0 Å². The van der Waals surface area contributed by atoms with Crippen LogP contribution in [0.3, 0.4) is 0 Å². The minimum atomic E-state index is -3.69. The highest BCUT2D eigenvalue weighted by Gasteiger charge is 2.32. The van der Waals surface area contributed by atoms with Gasteiger partial charge in [-0.3, -0.25) is 4.90 Å². The fraction of sp³-hybridized carbons (Fsp3) is 0.583. The highest BCUT2D eigenvalue weighted by Crippen LogP contribution is 2.26. The molecule has 1 aromatic heterocycles. The second-order valence-corrected chi connectivity index (χ2v) is 7.40. The van der Waals surface area contributed by atoms with E-state index in [0.717, 1.165) is 11.3 Å². The summed E-state index contributed by atoms with van der Waals surface area (Å²) in [6.07, 6.45) is 0. The second-order valence-electron chi connectivity index (χ2n) is 4.57. The zero-order valence-electron chi connectivity index (χ0n) is 12.1. The molecule has 22 heavy (non-hydrogen) atoms. The Balaban J connectivity index is 0.00000242. The molecular formula is C12H18ClN2O5S2-. The molecule has 1 fully saturated rings. The lowest BCUT2D eigenvalue weighted by Crippen LogP contribution is -3.00. The van der Waals surface area contributed by atoms with Gasteiger partial charge >= 0.3 is 5.97 Å². The summed E-state index contributed by atoms with van der Waals surface area (Å²) in [5.74, 6) is -0.637. The average molecular weight is 370 g/mol. The van der Waals surface area contributed by atoms with Crippen molar-refractivity contribution in [3.8, 4) is 0 Å². The van der Waals surface area contributed by atoms with E-state index in [4.69, 9.17) is 5.11 Å². The van der Waals surface area contributed by atoms with Gasteiger partial charge < -0.3 is 22.3 Å². The predicted molar refractivity (Wildman–Crippen MR) is 77.9 cm³/mol. The van der Waals surface area contributed by atoms with Gasteiger partial charge in [0, 0.05) is 32.7 Å². The average Bonchev–Trinajstić information content (AvgIpc) is 2.97. The molecule has 0 radical (unpaired) electrons. The SMILES string of the molecule is COC(=O)c1sccc1S(=O)(=O)N1CCN(CCO)CC1.[Cl-]. The zero-order chi connectivity index (χ0) is 15.5.